The summed E-state index contributed by atoms with van der Waals surface area (Å²) in [5.41, 5.74) is 1.63. The summed E-state index contributed by atoms with van der Waals surface area (Å²) in [6, 6.07) is 14.6. The van der Waals surface area contributed by atoms with Gasteiger partial charge in [0.05, 0.1) is 16.8 Å². The molecule has 0 saturated heterocycles. The van der Waals surface area contributed by atoms with Gasteiger partial charge in [-0.25, -0.2) is 9.37 Å². The largest absolute Gasteiger partial charge is 0.364 e. The molecule has 1 N–H and O–H groups in total. The third-order valence-corrected chi connectivity index (χ3v) is 5.60. The summed E-state index contributed by atoms with van der Waals surface area (Å²) in [6.07, 6.45) is 0. The molecule has 0 unspecified atom stereocenters. The second-order valence-electron chi connectivity index (χ2n) is 5.56. The molecule has 0 aliphatic carbocycles. The van der Waals surface area contributed by atoms with Crippen molar-refractivity contribution in [3.63, 3.8) is 0 Å². The minimum absolute atomic E-state index is 0.00784. The summed E-state index contributed by atoms with van der Waals surface area (Å²) in [7, 11) is 0. The predicted molar refractivity (Wildman–Crippen MR) is 105 cm³/mol. The van der Waals surface area contributed by atoms with E-state index in [1.807, 2.05) is 30.3 Å². The van der Waals surface area contributed by atoms with E-state index in [1.165, 1.54) is 6.07 Å². The normalized spacial score (nSPS) is 11.0. The van der Waals surface area contributed by atoms with Gasteiger partial charge in [-0.2, -0.15) is 11.8 Å². The maximum atomic E-state index is 13.5. The molecule has 0 saturated carbocycles. The molecule has 7 heteroatoms. The summed E-state index contributed by atoms with van der Waals surface area (Å²) >= 11 is 3.15. The van der Waals surface area contributed by atoms with Crippen LogP contribution in [0.25, 0.3) is 10.2 Å². The lowest BCUT2D eigenvalue weighted by Gasteiger charge is -2.06. The molecule has 1 amide bonds. The summed E-state index contributed by atoms with van der Waals surface area (Å²) in [6.45, 7) is 0.866. The summed E-state index contributed by atoms with van der Waals surface area (Å²) < 4.78 is 20.0. The first-order valence-corrected chi connectivity index (χ1v) is 10.2. The first kappa shape index (κ1) is 18.8. The van der Waals surface area contributed by atoms with E-state index in [0.29, 0.717) is 24.5 Å². The average Bonchev–Trinajstić information content (AvgIpc) is 3.05. The highest BCUT2D eigenvalue weighted by atomic mass is 32.2. The number of carbonyl (C=O) groups is 1. The molecule has 0 bridgehead atoms. The van der Waals surface area contributed by atoms with Crippen molar-refractivity contribution in [3.8, 4) is 0 Å². The zero-order chi connectivity index (χ0) is 18.2. The van der Waals surface area contributed by atoms with Gasteiger partial charge < -0.3 is 10.1 Å². The second kappa shape index (κ2) is 9.66. The SMILES string of the molecule is O=C(COCc1nc2ccccc2s1)NCCSCc1ccccc1F. The number of aromatic nitrogens is 1. The Morgan fingerprint density at radius 1 is 1.19 bits per heavy atom. The van der Waals surface area contributed by atoms with E-state index in [9.17, 15) is 9.18 Å². The number of nitrogens with one attached hydrogen (secondary N) is 1. The van der Waals surface area contributed by atoms with Crippen LogP contribution in [0, 0.1) is 5.82 Å². The molecule has 1 heterocycles. The number of para-hydroxylation sites is 1. The van der Waals surface area contributed by atoms with E-state index in [1.54, 1.807) is 35.2 Å². The number of hydrogen-bond donors (Lipinski definition) is 1. The minimum atomic E-state index is -0.188. The molecule has 26 heavy (non-hydrogen) atoms. The van der Waals surface area contributed by atoms with Gasteiger partial charge in [-0.1, -0.05) is 30.3 Å². The van der Waals surface area contributed by atoms with Crippen molar-refractivity contribution in [3.05, 3.63) is 64.9 Å². The van der Waals surface area contributed by atoms with Crippen LogP contribution >= 0.6 is 23.1 Å². The standard InChI is InChI=1S/C19H19FN2O2S2/c20-15-6-2-1-5-14(15)13-25-10-9-21-18(23)11-24-12-19-22-16-7-3-4-8-17(16)26-19/h1-8H,9-13H2,(H,21,23). The number of ether oxygens (including phenoxy) is 1. The fourth-order valence-corrected chi connectivity index (χ4v) is 4.07. The maximum Gasteiger partial charge on any atom is 0.246 e. The van der Waals surface area contributed by atoms with Crippen LogP contribution in [0.5, 0.6) is 0 Å². The molecule has 0 aliphatic heterocycles. The molecule has 2 aromatic carbocycles. The molecule has 4 nitrogen and oxygen atoms in total. The number of amides is 1. The molecule has 3 rings (SSSR count). The maximum absolute atomic E-state index is 13.5. The Kier molecular flexibility index (Phi) is 6.99. The van der Waals surface area contributed by atoms with Gasteiger partial charge in [0.15, 0.2) is 0 Å². The fraction of sp³-hybridized carbons (Fsp3) is 0.263. The fourth-order valence-electron chi connectivity index (χ4n) is 2.32. The molecule has 0 radical (unpaired) electrons. The van der Waals surface area contributed by atoms with E-state index in [4.69, 9.17) is 4.74 Å². The molecular formula is C19H19FN2O2S2. The lowest BCUT2D eigenvalue weighted by molar-refractivity contribution is -0.125. The van der Waals surface area contributed by atoms with E-state index >= 15 is 0 Å². The van der Waals surface area contributed by atoms with Gasteiger partial charge in [0, 0.05) is 18.1 Å². The van der Waals surface area contributed by atoms with Gasteiger partial charge in [-0.15, -0.1) is 11.3 Å². The van der Waals surface area contributed by atoms with Crippen molar-refractivity contribution in [2.75, 3.05) is 18.9 Å². The van der Waals surface area contributed by atoms with Crippen LogP contribution in [0.15, 0.2) is 48.5 Å². The Bertz CT molecular complexity index is 836. The lowest BCUT2D eigenvalue weighted by atomic mass is 10.2. The number of carbonyl (C=O) groups excluding carboxylic acids is 1. The summed E-state index contributed by atoms with van der Waals surface area (Å²) in [4.78, 5) is 16.2. The number of nitrogens with zero attached hydrogens (tertiary/aromatic N) is 1. The molecule has 0 aliphatic rings. The van der Waals surface area contributed by atoms with Crippen LogP contribution in [0.3, 0.4) is 0 Å². The Morgan fingerprint density at radius 2 is 2.00 bits per heavy atom. The van der Waals surface area contributed by atoms with Crippen LogP contribution in [0.4, 0.5) is 4.39 Å². The highest BCUT2D eigenvalue weighted by Gasteiger charge is 2.06. The smallest absolute Gasteiger partial charge is 0.246 e. The van der Waals surface area contributed by atoms with Gasteiger partial charge >= 0.3 is 0 Å². The van der Waals surface area contributed by atoms with Gasteiger partial charge in [0.1, 0.15) is 17.4 Å². The molecule has 3 aromatic rings. The quantitative estimate of drug-likeness (QED) is 0.561. The molecule has 1 aromatic heterocycles. The Labute approximate surface area is 159 Å². The van der Waals surface area contributed by atoms with Crippen molar-refractivity contribution in [2.24, 2.45) is 0 Å². The molecule has 136 valence electrons. The first-order chi connectivity index (χ1) is 12.7. The highest BCUT2D eigenvalue weighted by Crippen LogP contribution is 2.21. The number of fused-ring (bicyclic) bond motifs is 1. The summed E-state index contributed by atoms with van der Waals surface area (Å²) in [5.74, 6) is 0.971. The van der Waals surface area contributed by atoms with E-state index in [2.05, 4.69) is 10.3 Å². The van der Waals surface area contributed by atoms with Gasteiger partial charge in [-0.3, -0.25) is 4.79 Å². The Balaban J connectivity index is 1.29. The third-order valence-electron chi connectivity index (χ3n) is 3.58. The lowest BCUT2D eigenvalue weighted by Crippen LogP contribution is -2.29. The third kappa shape index (κ3) is 5.52. The molecule has 0 atom stereocenters. The van der Waals surface area contributed by atoms with Crippen molar-refractivity contribution in [1.82, 2.24) is 10.3 Å². The highest BCUT2D eigenvalue weighted by molar-refractivity contribution is 7.98. The van der Waals surface area contributed by atoms with E-state index < -0.39 is 0 Å². The number of hydrogen-bond acceptors (Lipinski definition) is 5. The molecule has 0 fully saturated rings. The number of rotatable bonds is 9. The second-order valence-corrected chi connectivity index (χ2v) is 7.78. The van der Waals surface area contributed by atoms with Crippen LogP contribution in [0.1, 0.15) is 10.6 Å². The number of thioether (sulfide) groups is 1. The van der Waals surface area contributed by atoms with Crippen LogP contribution < -0.4 is 5.32 Å². The van der Waals surface area contributed by atoms with Gasteiger partial charge in [0.25, 0.3) is 0 Å². The van der Waals surface area contributed by atoms with Gasteiger partial charge in [0.2, 0.25) is 5.91 Å². The topological polar surface area (TPSA) is 51.2 Å². The van der Waals surface area contributed by atoms with Crippen molar-refractivity contribution in [2.45, 2.75) is 12.4 Å². The Hall–Kier alpha value is -1.96. The number of halogens is 1. The van der Waals surface area contributed by atoms with Crippen molar-refractivity contribution < 1.29 is 13.9 Å². The van der Waals surface area contributed by atoms with Crippen molar-refractivity contribution in [1.29, 1.82) is 0 Å². The van der Waals surface area contributed by atoms with E-state index in [0.717, 1.165) is 21.0 Å². The Morgan fingerprint density at radius 3 is 2.85 bits per heavy atom. The number of thiazole rings is 1. The zero-order valence-corrected chi connectivity index (χ0v) is 15.7. The van der Waals surface area contributed by atoms with Gasteiger partial charge in [-0.05, 0) is 23.8 Å². The molecule has 0 spiro atoms. The zero-order valence-electron chi connectivity index (χ0n) is 14.1. The number of benzene rings is 2. The van der Waals surface area contributed by atoms with Crippen LogP contribution in [-0.4, -0.2) is 29.8 Å². The minimum Gasteiger partial charge on any atom is -0.364 e. The van der Waals surface area contributed by atoms with Crippen LogP contribution in [0.2, 0.25) is 0 Å². The first-order valence-electron chi connectivity index (χ1n) is 8.22. The van der Waals surface area contributed by atoms with E-state index in [-0.39, 0.29) is 18.3 Å². The van der Waals surface area contributed by atoms with Crippen LogP contribution in [-0.2, 0) is 21.9 Å². The molecular weight excluding hydrogens is 371 g/mol. The average molecular weight is 391 g/mol. The summed E-state index contributed by atoms with van der Waals surface area (Å²) in [5, 5.41) is 3.66. The van der Waals surface area contributed by atoms with Crippen molar-refractivity contribution >= 4 is 39.2 Å². The monoisotopic (exact) mass is 390 g/mol. The predicted octanol–water partition coefficient (Wildman–Crippen LogP) is 4.00.